The van der Waals surface area contributed by atoms with Crippen LogP contribution in [0.5, 0.6) is 0 Å². The first kappa shape index (κ1) is 15.9. The van der Waals surface area contributed by atoms with Crippen molar-refractivity contribution in [3.05, 3.63) is 75.5 Å². The predicted molar refractivity (Wildman–Crippen MR) is 93.0 cm³/mol. The molecule has 24 heavy (non-hydrogen) atoms. The average Bonchev–Trinajstić information content (AvgIpc) is 3.01. The van der Waals surface area contributed by atoms with Gasteiger partial charge in [-0.3, -0.25) is 10.1 Å². The van der Waals surface area contributed by atoms with Crippen molar-refractivity contribution in [1.29, 1.82) is 0 Å². The Balaban J connectivity index is 2.22. The van der Waals surface area contributed by atoms with E-state index in [0.717, 1.165) is 33.8 Å². The molecule has 0 aliphatic heterocycles. The molecular formula is C18H18N4O2. The minimum Gasteiger partial charge on any atom is -0.325 e. The lowest BCUT2D eigenvalue weighted by Crippen LogP contribution is -2.04. The van der Waals surface area contributed by atoms with Gasteiger partial charge in [0, 0.05) is 24.2 Å². The van der Waals surface area contributed by atoms with Gasteiger partial charge < -0.3 is 5.73 Å². The number of nitrogens with zero attached hydrogens (tertiary/aromatic N) is 3. The Labute approximate surface area is 139 Å². The van der Waals surface area contributed by atoms with Gasteiger partial charge in [-0.25, -0.2) is 4.68 Å². The monoisotopic (exact) mass is 322 g/mol. The van der Waals surface area contributed by atoms with Crippen LogP contribution in [0.2, 0.25) is 0 Å². The van der Waals surface area contributed by atoms with Crippen LogP contribution in [0.4, 0.5) is 5.69 Å². The van der Waals surface area contributed by atoms with Crippen molar-refractivity contribution in [3.8, 4) is 16.9 Å². The summed E-state index contributed by atoms with van der Waals surface area (Å²) in [6, 6.07) is 14.4. The average molecular weight is 322 g/mol. The van der Waals surface area contributed by atoms with Crippen molar-refractivity contribution in [2.24, 2.45) is 5.73 Å². The topological polar surface area (TPSA) is 87.0 Å². The SMILES string of the molecule is Cc1cccc(-n2nc(CN)cc2-c2cccc([N+](=O)[O-])c2)c1C. The van der Waals surface area contributed by atoms with Gasteiger partial charge in [-0.15, -0.1) is 0 Å². The Morgan fingerprint density at radius 3 is 2.62 bits per heavy atom. The van der Waals surface area contributed by atoms with Crippen molar-refractivity contribution < 1.29 is 4.92 Å². The molecule has 122 valence electrons. The number of non-ortho nitro benzene ring substituents is 1. The summed E-state index contributed by atoms with van der Waals surface area (Å²) in [6.45, 7) is 4.38. The van der Waals surface area contributed by atoms with E-state index in [1.807, 2.05) is 48.9 Å². The smallest absolute Gasteiger partial charge is 0.270 e. The first-order chi connectivity index (χ1) is 11.5. The molecule has 3 rings (SSSR count). The molecule has 0 bridgehead atoms. The molecule has 0 fully saturated rings. The number of rotatable bonds is 4. The number of aryl methyl sites for hydroxylation is 1. The molecule has 0 unspecified atom stereocenters. The molecule has 1 aromatic heterocycles. The van der Waals surface area contributed by atoms with Gasteiger partial charge in [0.1, 0.15) is 0 Å². The lowest BCUT2D eigenvalue weighted by Gasteiger charge is -2.12. The van der Waals surface area contributed by atoms with E-state index in [2.05, 4.69) is 5.10 Å². The van der Waals surface area contributed by atoms with Gasteiger partial charge in [-0.05, 0) is 37.1 Å². The van der Waals surface area contributed by atoms with Crippen molar-refractivity contribution in [1.82, 2.24) is 9.78 Å². The fourth-order valence-electron chi connectivity index (χ4n) is 2.66. The lowest BCUT2D eigenvalue weighted by molar-refractivity contribution is -0.384. The summed E-state index contributed by atoms with van der Waals surface area (Å²) in [4.78, 5) is 10.7. The second-order valence-electron chi connectivity index (χ2n) is 5.66. The van der Waals surface area contributed by atoms with Gasteiger partial charge in [0.05, 0.1) is 22.0 Å². The van der Waals surface area contributed by atoms with Crippen LogP contribution in [0.15, 0.2) is 48.5 Å². The lowest BCUT2D eigenvalue weighted by atomic mass is 10.1. The summed E-state index contributed by atoms with van der Waals surface area (Å²) in [6.07, 6.45) is 0. The molecule has 0 amide bonds. The van der Waals surface area contributed by atoms with Crippen LogP contribution in [0.3, 0.4) is 0 Å². The maximum Gasteiger partial charge on any atom is 0.270 e. The first-order valence-electron chi connectivity index (χ1n) is 7.61. The van der Waals surface area contributed by atoms with E-state index in [9.17, 15) is 10.1 Å². The maximum absolute atomic E-state index is 11.1. The van der Waals surface area contributed by atoms with E-state index in [4.69, 9.17) is 5.73 Å². The molecule has 0 aliphatic rings. The molecule has 1 heterocycles. The van der Waals surface area contributed by atoms with Gasteiger partial charge >= 0.3 is 0 Å². The van der Waals surface area contributed by atoms with Crippen LogP contribution in [-0.2, 0) is 6.54 Å². The number of nitro benzene ring substituents is 1. The Bertz CT molecular complexity index is 915. The number of aromatic nitrogens is 2. The molecule has 0 saturated heterocycles. The Morgan fingerprint density at radius 2 is 1.92 bits per heavy atom. The van der Waals surface area contributed by atoms with Gasteiger partial charge in [-0.1, -0.05) is 24.3 Å². The van der Waals surface area contributed by atoms with Crippen LogP contribution < -0.4 is 5.73 Å². The quantitative estimate of drug-likeness (QED) is 0.588. The van der Waals surface area contributed by atoms with E-state index in [1.54, 1.807) is 12.1 Å². The third kappa shape index (κ3) is 2.79. The van der Waals surface area contributed by atoms with Gasteiger partial charge in [0.15, 0.2) is 0 Å². The number of hydrogen-bond donors (Lipinski definition) is 1. The van der Waals surface area contributed by atoms with Crippen molar-refractivity contribution >= 4 is 5.69 Å². The van der Waals surface area contributed by atoms with E-state index < -0.39 is 4.92 Å². The molecule has 0 aliphatic carbocycles. The molecular weight excluding hydrogens is 304 g/mol. The van der Waals surface area contributed by atoms with E-state index in [1.165, 1.54) is 6.07 Å². The highest BCUT2D eigenvalue weighted by Crippen LogP contribution is 2.28. The zero-order valence-corrected chi connectivity index (χ0v) is 13.6. The third-order valence-electron chi connectivity index (χ3n) is 4.13. The fraction of sp³-hybridized carbons (Fsp3) is 0.167. The summed E-state index contributed by atoms with van der Waals surface area (Å²) < 4.78 is 1.81. The van der Waals surface area contributed by atoms with Crippen LogP contribution in [-0.4, -0.2) is 14.7 Å². The van der Waals surface area contributed by atoms with Gasteiger partial charge in [0.2, 0.25) is 0 Å². The Kier molecular flexibility index (Phi) is 4.14. The molecule has 0 saturated carbocycles. The number of benzene rings is 2. The molecule has 0 radical (unpaired) electrons. The van der Waals surface area contributed by atoms with Crippen LogP contribution in [0, 0.1) is 24.0 Å². The Hall–Kier alpha value is -2.99. The number of nitrogens with two attached hydrogens (primary N) is 1. The number of nitro groups is 1. The van der Waals surface area contributed by atoms with Gasteiger partial charge in [0.25, 0.3) is 5.69 Å². The highest BCUT2D eigenvalue weighted by Gasteiger charge is 2.15. The third-order valence-corrected chi connectivity index (χ3v) is 4.13. The summed E-state index contributed by atoms with van der Waals surface area (Å²) in [5, 5.41) is 15.6. The van der Waals surface area contributed by atoms with Crippen LogP contribution in [0.1, 0.15) is 16.8 Å². The van der Waals surface area contributed by atoms with Crippen molar-refractivity contribution in [3.63, 3.8) is 0 Å². The molecule has 2 N–H and O–H groups in total. The number of hydrogen-bond acceptors (Lipinski definition) is 4. The highest BCUT2D eigenvalue weighted by atomic mass is 16.6. The molecule has 0 atom stereocenters. The highest BCUT2D eigenvalue weighted by molar-refractivity contribution is 5.66. The van der Waals surface area contributed by atoms with E-state index >= 15 is 0 Å². The first-order valence-corrected chi connectivity index (χ1v) is 7.61. The van der Waals surface area contributed by atoms with Crippen LogP contribution >= 0.6 is 0 Å². The summed E-state index contributed by atoms with van der Waals surface area (Å²) in [7, 11) is 0. The molecule has 0 spiro atoms. The minimum absolute atomic E-state index is 0.0514. The van der Waals surface area contributed by atoms with Crippen molar-refractivity contribution in [2.75, 3.05) is 0 Å². The van der Waals surface area contributed by atoms with E-state index in [-0.39, 0.29) is 5.69 Å². The summed E-state index contributed by atoms with van der Waals surface area (Å²) in [5.41, 5.74) is 11.3. The summed E-state index contributed by atoms with van der Waals surface area (Å²) >= 11 is 0. The second kappa shape index (κ2) is 6.25. The largest absolute Gasteiger partial charge is 0.325 e. The van der Waals surface area contributed by atoms with Crippen LogP contribution in [0.25, 0.3) is 16.9 Å². The maximum atomic E-state index is 11.1. The molecule has 2 aromatic carbocycles. The van der Waals surface area contributed by atoms with Crippen molar-refractivity contribution in [2.45, 2.75) is 20.4 Å². The molecule has 6 nitrogen and oxygen atoms in total. The van der Waals surface area contributed by atoms with E-state index in [0.29, 0.717) is 6.54 Å². The molecule has 6 heteroatoms. The second-order valence-corrected chi connectivity index (χ2v) is 5.66. The van der Waals surface area contributed by atoms with Gasteiger partial charge in [-0.2, -0.15) is 5.10 Å². The standard InChI is InChI=1S/C18H18N4O2/c1-12-5-3-8-17(13(12)2)21-18(10-15(11-19)20-21)14-6-4-7-16(9-14)22(23)24/h3-10H,11,19H2,1-2H3. The summed E-state index contributed by atoms with van der Waals surface area (Å²) in [5.74, 6) is 0. The normalized spacial score (nSPS) is 10.8. The zero-order valence-electron chi connectivity index (χ0n) is 13.6. The molecule has 3 aromatic rings. The zero-order chi connectivity index (χ0) is 17.3. The fourth-order valence-corrected chi connectivity index (χ4v) is 2.66. The Morgan fingerprint density at radius 1 is 1.17 bits per heavy atom. The predicted octanol–water partition coefficient (Wildman–Crippen LogP) is 3.52. The minimum atomic E-state index is -0.397.